The number of furan rings is 1. The number of amides is 1. The molecule has 2 aromatic heterocycles. The average Bonchev–Trinajstić information content (AvgIpc) is 3.28. The van der Waals surface area contributed by atoms with Crippen molar-refractivity contribution in [1.29, 1.82) is 0 Å². The minimum Gasteiger partial charge on any atom is -0.467 e. The van der Waals surface area contributed by atoms with Gasteiger partial charge in [0.25, 0.3) is 5.91 Å². The van der Waals surface area contributed by atoms with E-state index in [1.54, 1.807) is 18.2 Å². The third kappa shape index (κ3) is 4.15. The number of hydrogen-bond acceptors (Lipinski definition) is 5. The van der Waals surface area contributed by atoms with Gasteiger partial charge in [-0.2, -0.15) is 16.9 Å². The summed E-state index contributed by atoms with van der Waals surface area (Å²) < 4.78 is 7.37. The molecule has 1 amide bonds. The Labute approximate surface area is 159 Å². The summed E-state index contributed by atoms with van der Waals surface area (Å²) in [6.07, 6.45) is 6.70. The van der Waals surface area contributed by atoms with Gasteiger partial charge in [0, 0.05) is 43.2 Å². The molecule has 142 valence electrons. The molecule has 0 saturated carbocycles. The number of fused-ring (bicyclic) bond motifs is 1. The Bertz CT molecular complexity index is 726. The number of nitrogens with zero attached hydrogens (tertiary/aromatic N) is 3. The molecule has 0 saturated heterocycles. The molecule has 1 N–H and O–H groups in total. The van der Waals surface area contributed by atoms with Crippen molar-refractivity contribution in [3.8, 4) is 0 Å². The highest BCUT2D eigenvalue weighted by Crippen LogP contribution is 2.26. The van der Waals surface area contributed by atoms with Crippen LogP contribution in [0.25, 0.3) is 0 Å². The van der Waals surface area contributed by atoms with Gasteiger partial charge in [0.2, 0.25) is 0 Å². The van der Waals surface area contributed by atoms with Crippen molar-refractivity contribution >= 4 is 17.7 Å². The molecule has 0 bridgehead atoms. The second kappa shape index (κ2) is 8.77. The summed E-state index contributed by atoms with van der Waals surface area (Å²) in [5.41, 5.74) is 2.95. The molecule has 0 radical (unpaired) electrons. The highest BCUT2D eigenvalue weighted by Gasteiger charge is 2.30. The van der Waals surface area contributed by atoms with E-state index in [4.69, 9.17) is 4.42 Å². The number of hydrogen-bond donors (Lipinski definition) is 1. The average molecular weight is 377 g/mol. The Hall–Kier alpha value is -1.73. The van der Waals surface area contributed by atoms with Gasteiger partial charge in [0.15, 0.2) is 5.69 Å². The molecule has 2 aromatic rings. The first-order chi connectivity index (χ1) is 12.6. The Balaban J connectivity index is 1.77. The largest absolute Gasteiger partial charge is 0.467 e. The van der Waals surface area contributed by atoms with Gasteiger partial charge in [0.05, 0.1) is 12.8 Å². The number of aromatic nitrogens is 2. The van der Waals surface area contributed by atoms with Gasteiger partial charge < -0.3 is 14.6 Å². The van der Waals surface area contributed by atoms with Crippen molar-refractivity contribution in [1.82, 2.24) is 20.0 Å². The van der Waals surface area contributed by atoms with Gasteiger partial charge in [-0.1, -0.05) is 0 Å². The lowest BCUT2D eigenvalue weighted by Gasteiger charge is -2.25. The standard InChI is InChI=1S/C19H28N4O2S/c1-4-23-17-8-7-14(20-9-11-26-3)12-16(17)18(21-23)19(24)22(2)13-15-6-5-10-25-15/h5-6,10,14,20H,4,7-9,11-13H2,1-3H3. The number of nitrogens with one attached hydrogen (secondary N) is 1. The zero-order chi connectivity index (χ0) is 18.5. The third-order valence-electron chi connectivity index (χ3n) is 4.91. The van der Waals surface area contributed by atoms with Crippen LogP contribution in [-0.4, -0.2) is 52.2 Å². The number of aryl methyl sites for hydroxylation is 1. The van der Waals surface area contributed by atoms with Crippen LogP contribution in [-0.2, 0) is 25.9 Å². The molecule has 1 unspecified atom stereocenters. The van der Waals surface area contributed by atoms with Crippen LogP contribution < -0.4 is 5.32 Å². The zero-order valence-corrected chi connectivity index (χ0v) is 16.6. The summed E-state index contributed by atoms with van der Waals surface area (Å²) in [6, 6.07) is 4.15. The molecule has 1 aliphatic rings. The fraction of sp³-hybridized carbons (Fsp3) is 0.579. The molecule has 1 atom stereocenters. The van der Waals surface area contributed by atoms with Crippen LogP contribution in [0.4, 0.5) is 0 Å². The van der Waals surface area contributed by atoms with E-state index in [9.17, 15) is 4.79 Å². The van der Waals surface area contributed by atoms with E-state index in [-0.39, 0.29) is 5.91 Å². The molecule has 0 fully saturated rings. The Morgan fingerprint density at radius 2 is 2.38 bits per heavy atom. The lowest BCUT2D eigenvalue weighted by Crippen LogP contribution is -2.37. The highest BCUT2D eigenvalue weighted by atomic mass is 32.2. The topological polar surface area (TPSA) is 63.3 Å². The van der Waals surface area contributed by atoms with Gasteiger partial charge >= 0.3 is 0 Å². The van der Waals surface area contributed by atoms with E-state index in [0.29, 0.717) is 18.3 Å². The molecule has 0 aromatic carbocycles. The van der Waals surface area contributed by atoms with Crippen molar-refractivity contribution in [3.05, 3.63) is 41.1 Å². The predicted octanol–water partition coefficient (Wildman–Crippen LogP) is 2.58. The first-order valence-corrected chi connectivity index (χ1v) is 10.6. The van der Waals surface area contributed by atoms with Gasteiger partial charge in [-0.25, -0.2) is 0 Å². The van der Waals surface area contributed by atoms with Crippen molar-refractivity contribution in [3.63, 3.8) is 0 Å². The summed E-state index contributed by atoms with van der Waals surface area (Å²) >= 11 is 1.85. The molecule has 26 heavy (non-hydrogen) atoms. The third-order valence-corrected chi connectivity index (χ3v) is 5.52. The lowest BCUT2D eigenvalue weighted by molar-refractivity contribution is 0.0767. The monoisotopic (exact) mass is 376 g/mol. The van der Waals surface area contributed by atoms with Gasteiger partial charge in [0.1, 0.15) is 5.76 Å². The summed E-state index contributed by atoms with van der Waals surface area (Å²) in [4.78, 5) is 14.7. The molecule has 7 heteroatoms. The van der Waals surface area contributed by atoms with Gasteiger partial charge in [-0.3, -0.25) is 9.48 Å². The molecular formula is C19H28N4O2S. The van der Waals surface area contributed by atoms with Crippen molar-refractivity contribution < 1.29 is 9.21 Å². The Kier molecular flexibility index (Phi) is 6.43. The number of rotatable bonds is 8. The quantitative estimate of drug-likeness (QED) is 0.718. The zero-order valence-electron chi connectivity index (χ0n) is 15.8. The minimum atomic E-state index is -0.0328. The summed E-state index contributed by atoms with van der Waals surface area (Å²) in [5, 5.41) is 8.28. The van der Waals surface area contributed by atoms with Crippen LogP contribution in [0.3, 0.4) is 0 Å². The highest BCUT2D eigenvalue weighted by molar-refractivity contribution is 7.98. The van der Waals surface area contributed by atoms with E-state index in [0.717, 1.165) is 49.4 Å². The van der Waals surface area contributed by atoms with Crippen LogP contribution in [0.1, 0.15) is 40.9 Å². The Morgan fingerprint density at radius 3 is 3.08 bits per heavy atom. The van der Waals surface area contributed by atoms with Gasteiger partial charge in [-0.15, -0.1) is 0 Å². The normalized spacial score (nSPS) is 16.5. The second-order valence-corrected chi connectivity index (χ2v) is 7.70. The number of carbonyl (C=O) groups is 1. The van der Waals surface area contributed by atoms with E-state index in [1.807, 2.05) is 28.6 Å². The number of thioether (sulfide) groups is 1. The summed E-state index contributed by atoms with van der Waals surface area (Å²) in [7, 11) is 1.80. The summed E-state index contributed by atoms with van der Waals surface area (Å²) in [5.74, 6) is 1.85. The van der Waals surface area contributed by atoms with Crippen molar-refractivity contribution in [2.75, 3.05) is 25.6 Å². The maximum Gasteiger partial charge on any atom is 0.274 e. The first-order valence-electron chi connectivity index (χ1n) is 9.22. The smallest absolute Gasteiger partial charge is 0.274 e. The van der Waals surface area contributed by atoms with Crippen LogP contribution in [0.15, 0.2) is 22.8 Å². The van der Waals surface area contributed by atoms with Gasteiger partial charge in [-0.05, 0) is 44.6 Å². The molecule has 6 nitrogen and oxygen atoms in total. The van der Waals surface area contributed by atoms with E-state index in [2.05, 4.69) is 23.6 Å². The van der Waals surface area contributed by atoms with Crippen LogP contribution >= 0.6 is 11.8 Å². The molecule has 0 aliphatic heterocycles. The molecule has 1 aliphatic carbocycles. The molecular weight excluding hydrogens is 348 g/mol. The fourth-order valence-corrected chi connectivity index (χ4v) is 3.87. The maximum absolute atomic E-state index is 13.0. The molecule has 3 rings (SSSR count). The molecule has 2 heterocycles. The van der Waals surface area contributed by atoms with Crippen LogP contribution in [0.2, 0.25) is 0 Å². The minimum absolute atomic E-state index is 0.0328. The Morgan fingerprint density at radius 1 is 1.54 bits per heavy atom. The first kappa shape index (κ1) is 19.0. The van der Waals surface area contributed by atoms with E-state index in [1.165, 1.54) is 5.69 Å². The van der Waals surface area contributed by atoms with Crippen LogP contribution in [0.5, 0.6) is 0 Å². The number of carbonyl (C=O) groups excluding carboxylic acids is 1. The fourth-order valence-electron chi connectivity index (χ4n) is 3.55. The van der Waals surface area contributed by atoms with Crippen LogP contribution in [0, 0.1) is 0 Å². The summed E-state index contributed by atoms with van der Waals surface area (Å²) in [6.45, 7) is 4.33. The SMILES string of the molecule is CCn1nc(C(=O)N(C)Cc2ccco2)c2c1CCC(NCCSC)C2. The second-order valence-electron chi connectivity index (χ2n) is 6.72. The van der Waals surface area contributed by atoms with E-state index < -0.39 is 0 Å². The molecule has 0 spiro atoms. The van der Waals surface area contributed by atoms with Crippen molar-refractivity contribution in [2.24, 2.45) is 0 Å². The predicted molar refractivity (Wildman–Crippen MR) is 105 cm³/mol. The van der Waals surface area contributed by atoms with E-state index >= 15 is 0 Å². The van der Waals surface area contributed by atoms with Crippen molar-refractivity contribution in [2.45, 2.75) is 45.3 Å². The maximum atomic E-state index is 13.0. The lowest BCUT2D eigenvalue weighted by atomic mass is 9.91.